The third-order valence-corrected chi connectivity index (χ3v) is 7.98. The van der Waals surface area contributed by atoms with Crippen molar-refractivity contribution in [2.24, 2.45) is 17.8 Å². The van der Waals surface area contributed by atoms with Crippen LogP contribution in [-0.4, -0.2) is 28.0 Å². The number of thiocarbonyl (C=S) groups is 1. The predicted octanol–water partition coefficient (Wildman–Crippen LogP) is 4.77. The number of hydrogen-bond donors (Lipinski definition) is 2. The van der Waals surface area contributed by atoms with Crippen molar-refractivity contribution in [1.29, 1.82) is 0 Å². The van der Waals surface area contributed by atoms with Crippen molar-refractivity contribution in [3.8, 4) is 0 Å². The molecular formula is C21H26N4O2S2. The number of nitrogens with zero attached hydrogens (tertiary/aromatic N) is 2. The van der Waals surface area contributed by atoms with Crippen molar-refractivity contribution in [1.82, 2.24) is 9.78 Å². The molecule has 0 saturated heterocycles. The van der Waals surface area contributed by atoms with E-state index in [0.717, 1.165) is 28.4 Å². The summed E-state index contributed by atoms with van der Waals surface area (Å²) in [7, 11) is 1.38. The molecule has 8 heteroatoms. The molecule has 29 heavy (non-hydrogen) atoms. The lowest BCUT2D eigenvalue weighted by Gasteiger charge is -2.56. The first-order valence-corrected chi connectivity index (χ1v) is 11.5. The van der Waals surface area contributed by atoms with Crippen molar-refractivity contribution < 1.29 is 9.53 Å². The van der Waals surface area contributed by atoms with E-state index in [9.17, 15) is 4.79 Å². The minimum Gasteiger partial charge on any atom is -0.465 e. The number of carbonyl (C=O) groups is 1. The van der Waals surface area contributed by atoms with Gasteiger partial charge in [0.05, 0.1) is 18.2 Å². The number of ether oxygens (including phenoxy) is 1. The Balaban J connectivity index is 1.29. The van der Waals surface area contributed by atoms with Crippen LogP contribution < -0.4 is 10.6 Å². The van der Waals surface area contributed by atoms with Crippen LogP contribution in [0.3, 0.4) is 0 Å². The zero-order valence-electron chi connectivity index (χ0n) is 16.7. The number of aryl methyl sites for hydroxylation is 1. The van der Waals surface area contributed by atoms with E-state index in [4.69, 9.17) is 22.1 Å². The minimum atomic E-state index is -0.370. The largest absolute Gasteiger partial charge is 0.465 e. The Bertz CT molecular complexity index is 929. The fourth-order valence-electron chi connectivity index (χ4n) is 6.12. The average molecular weight is 431 g/mol. The monoisotopic (exact) mass is 430 g/mol. The van der Waals surface area contributed by atoms with Crippen molar-refractivity contribution in [2.45, 2.75) is 51.0 Å². The van der Waals surface area contributed by atoms with E-state index < -0.39 is 0 Å². The second-order valence-electron chi connectivity index (χ2n) is 8.96. The van der Waals surface area contributed by atoms with Gasteiger partial charge in [-0.1, -0.05) is 0 Å². The van der Waals surface area contributed by atoms with Crippen molar-refractivity contribution in [2.75, 3.05) is 17.7 Å². The van der Waals surface area contributed by atoms with Crippen LogP contribution in [-0.2, 0) is 10.3 Å². The first-order valence-electron chi connectivity index (χ1n) is 10.3. The molecule has 4 aliphatic rings. The van der Waals surface area contributed by atoms with Gasteiger partial charge in [-0.25, -0.2) is 4.79 Å². The number of methoxy groups -OCH3 is 1. The van der Waals surface area contributed by atoms with Crippen LogP contribution in [0.2, 0.25) is 0 Å². The molecule has 0 radical (unpaired) electrons. The number of esters is 1. The third-order valence-electron chi connectivity index (χ3n) is 6.81. The quantitative estimate of drug-likeness (QED) is 0.538. The summed E-state index contributed by atoms with van der Waals surface area (Å²) in [5.41, 5.74) is 0.699. The van der Waals surface area contributed by atoms with Gasteiger partial charge in [0, 0.05) is 17.1 Å². The number of anilines is 2. The SMILES string of the molecule is COC(=O)c1cc(C)sc1NC(=S)Nc1ccn(C23CC4CC(CC(C4)C2)C3)n1. The molecule has 0 aromatic carbocycles. The highest BCUT2D eigenvalue weighted by molar-refractivity contribution is 7.80. The molecule has 2 aromatic heterocycles. The standard InChI is InChI=1S/C21H26N4O2S2/c1-12-5-16(19(26)27-2)18(29-12)23-20(28)22-17-3-4-25(24-17)21-9-13-6-14(10-21)8-15(7-13)11-21/h3-5,13-15H,6-11H2,1-2H3,(H2,22,23,24,28). The molecule has 4 aliphatic carbocycles. The fraction of sp³-hybridized carbons (Fsp3) is 0.571. The van der Waals surface area contributed by atoms with Gasteiger partial charge in [-0.15, -0.1) is 11.3 Å². The van der Waals surface area contributed by atoms with Crippen LogP contribution in [0.4, 0.5) is 10.8 Å². The Hall–Kier alpha value is -1.93. The fourth-order valence-corrected chi connectivity index (χ4v) is 7.29. The Kier molecular flexibility index (Phi) is 4.66. The van der Waals surface area contributed by atoms with Crippen molar-refractivity contribution >= 4 is 45.5 Å². The molecule has 4 saturated carbocycles. The summed E-state index contributed by atoms with van der Waals surface area (Å²) in [6.45, 7) is 1.95. The maximum atomic E-state index is 12.0. The van der Waals surface area contributed by atoms with Gasteiger partial charge in [-0.3, -0.25) is 4.68 Å². The zero-order chi connectivity index (χ0) is 20.2. The number of thiophene rings is 1. The molecule has 2 N–H and O–H groups in total. The van der Waals surface area contributed by atoms with Gasteiger partial charge in [0.15, 0.2) is 10.9 Å². The van der Waals surface area contributed by atoms with E-state index >= 15 is 0 Å². The highest BCUT2D eigenvalue weighted by Gasteiger charge is 2.52. The molecule has 6 nitrogen and oxygen atoms in total. The van der Waals surface area contributed by atoms with Gasteiger partial charge in [0.25, 0.3) is 0 Å². The second-order valence-corrected chi connectivity index (χ2v) is 10.6. The number of nitrogens with one attached hydrogen (secondary N) is 2. The molecule has 154 valence electrons. The van der Waals surface area contributed by atoms with Crippen LogP contribution in [0.5, 0.6) is 0 Å². The summed E-state index contributed by atoms with van der Waals surface area (Å²) in [5.74, 6) is 3.01. The number of rotatable bonds is 4. The normalized spacial score (nSPS) is 29.7. The van der Waals surface area contributed by atoms with Gasteiger partial charge in [0.2, 0.25) is 0 Å². The zero-order valence-corrected chi connectivity index (χ0v) is 18.4. The summed E-state index contributed by atoms with van der Waals surface area (Å²) in [6, 6.07) is 3.80. The predicted molar refractivity (Wildman–Crippen MR) is 119 cm³/mol. The van der Waals surface area contributed by atoms with Crippen LogP contribution in [0.25, 0.3) is 0 Å². The molecule has 4 fully saturated rings. The molecule has 2 heterocycles. The van der Waals surface area contributed by atoms with E-state index in [1.165, 1.54) is 57.0 Å². The summed E-state index contributed by atoms with van der Waals surface area (Å²) < 4.78 is 7.06. The summed E-state index contributed by atoms with van der Waals surface area (Å²) in [5, 5.41) is 12.3. The van der Waals surface area contributed by atoms with Crippen LogP contribution in [0.1, 0.15) is 53.8 Å². The lowest BCUT2D eigenvalue weighted by molar-refractivity contribution is -0.0492. The smallest absolute Gasteiger partial charge is 0.340 e. The van der Waals surface area contributed by atoms with Crippen LogP contribution >= 0.6 is 23.6 Å². The summed E-state index contributed by atoms with van der Waals surface area (Å²) >= 11 is 6.95. The number of carbonyl (C=O) groups excluding carboxylic acids is 1. The Morgan fingerprint density at radius 3 is 2.52 bits per heavy atom. The van der Waals surface area contributed by atoms with E-state index in [0.29, 0.717) is 15.7 Å². The molecule has 4 bridgehead atoms. The van der Waals surface area contributed by atoms with Gasteiger partial charge in [0.1, 0.15) is 5.00 Å². The molecule has 0 amide bonds. The van der Waals surface area contributed by atoms with Crippen molar-refractivity contribution in [3.63, 3.8) is 0 Å². The number of hydrogen-bond acceptors (Lipinski definition) is 5. The number of aromatic nitrogens is 2. The second kappa shape index (κ2) is 7.09. The molecule has 0 aliphatic heterocycles. The maximum absolute atomic E-state index is 12.0. The lowest BCUT2D eigenvalue weighted by Crippen LogP contribution is -2.52. The molecule has 0 atom stereocenters. The first-order chi connectivity index (χ1) is 13.9. The highest BCUT2D eigenvalue weighted by atomic mass is 32.1. The van der Waals surface area contributed by atoms with Gasteiger partial charge in [-0.05, 0) is 81.5 Å². The van der Waals surface area contributed by atoms with E-state index in [1.54, 1.807) is 0 Å². The van der Waals surface area contributed by atoms with Crippen LogP contribution in [0.15, 0.2) is 18.3 Å². The molecule has 0 unspecified atom stereocenters. The molecule has 2 aromatic rings. The lowest BCUT2D eigenvalue weighted by atomic mass is 9.53. The maximum Gasteiger partial charge on any atom is 0.340 e. The van der Waals surface area contributed by atoms with Crippen molar-refractivity contribution in [3.05, 3.63) is 28.8 Å². The minimum absolute atomic E-state index is 0.201. The van der Waals surface area contributed by atoms with E-state index in [1.807, 2.05) is 19.1 Å². The van der Waals surface area contributed by atoms with Crippen LogP contribution in [0, 0.1) is 24.7 Å². The Morgan fingerprint density at radius 2 is 1.90 bits per heavy atom. The van der Waals surface area contributed by atoms with Gasteiger partial charge >= 0.3 is 5.97 Å². The third kappa shape index (κ3) is 3.46. The van der Waals surface area contributed by atoms with E-state index in [-0.39, 0.29) is 11.5 Å². The van der Waals surface area contributed by atoms with E-state index in [2.05, 4.69) is 21.5 Å². The Morgan fingerprint density at radius 1 is 1.24 bits per heavy atom. The summed E-state index contributed by atoms with van der Waals surface area (Å²) in [4.78, 5) is 13.0. The summed E-state index contributed by atoms with van der Waals surface area (Å²) in [6.07, 6.45) is 10.2. The average Bonchev–Trinajstić information content (AvgIpc) is 3.27. The van der Waals surface area contributed by atoms with Gasteiger partial charge < -0.3 is 15.4 Å². The van der Waals surface area contributed by atoms with Gasteiger partial charge in [-0.2, -0.15) is 5.10 Å². The Labute approximate surface area is 180 Å². The topological polar surface area (TPSA) is 68.2 Å². The molecule has 0 spiro atoms. The molecule has 6 rings (SSSR count). The molecular weight excluding hydrogens is 404 g/mol. The highest BCUT2D eigenvalue weighted by Crippen LogP contribution is 2.58. The first kappa shape index (κ1) is 19.1.